The van der Waals surface area contributed by atoms with Crippen LogP contribution in [0.5, 0.6) is 0 Å². The molecule has 6 unspecified atom stereocenters. The number of fused-ring (bicyclic) bond motifs is 2. The number of carbonyl (C=O) groups is 6. The van der Waals surface area contributed by atoms with Crippen LogP contribution in [0.4, 0.5) is 11.4 Å². The second-order valence-corrected chi connectivity index (χ2v) is 17.4. The number of benzodiazepines with no additional fused rings is 2. The second-order valence-electron chi connectivity index (χ2n) is 17.4. The first kappa shape index (κ1) is 52.5. The molecule has 0 aliphatic carbocycles. The highest BCUT2D eigenvalue weighted by Crippen LogP contribution is 2.29. The fourth-order valence-electron chi connectivity index (χ4n) is 8.01. The van der Waals surface area contributed by atoms with Crippen molar-refractivity contribution < 1.29 is 33.9 Å². The molecule has 0 spiro atoms. The van der Waals surface area contributed by atoms with E-state index in [1.54, 1.807) is 12.2 Å². The minimum Gasteiger partial charge on any atom is -0.481 e. The van der Waals surface area contributed by atoms with Crippen LogP contribution in [0.1, 0.15) is 89.5 Å². The molecule has 6 rings (SSSR count). The van der Waals surface area contributed by atoms with Crippen LogP contribution in [0, 0.1) is 35.5 Å². The minimum absolute atomic E-state index is 0.0667. The van der Waals surface area contributed by atoms with E-state index in [9.17, 15) is 28.8 Å². The van der Waals surface area contributed by atoms with Crippen LogP contribution in [0.15, 0.2) is 144 Å². The number of carboxylic acid groups (broad SMARTS) is 1. The standard InChI is InChI=1S/C27H31N3O3.C15H13N3O.C12H20O3/c1-5-11-20(18(4)31)22(16-17(2)3)26(32)30-25-27(33)28-23-15-10-9-14-21(23)24(29-25)19-12-7-6-8-13-19;16-14-15(19)17-12-9-5-4-8-11(12)13(18-14)10-6-2-1-3-7-10;1-5-6-10(9(4)13)11(12(14)15)7-8(2)3/h5-10,12-15,17,20,22,25H,1,11,16H2,2-4H3,(H,28,33)(H,30,32);1-9,14H,16H2,(H,17,19);5,8,10-11H,1,6-7H2,2-4H3,(H,14,15). The molecule has 4 aromatic rings. The van der Waals surface area contributed by atoms with E-state index in [4.69, 9.17) is 10.8 Å². The summed E-state index contributed by atoms with van der Waals surface area (Å²) in [5.41, 5.74) is 12.0. The third-order valence-corrected chi connectivity index (χ3v) is 11.3. The molecule has 0 bridgehead atoms. The Labute approximate surface area is 394 Å². The maximum absolute atomic E-state index is 13.4. The summed E-state index contributed by atoms with van der Waals surface area (Å²) < 4.78 is 0. The van der Waals surface area contributed by atoms with E-state index in [-0.39, 0.29) is 35.2 Å². The van der Waals surface area contributed by atoms with Gasteiger partial charge in [0, 0.05) is 40.0 Å². The monoisotopic (exact) mass is 908 g/mol. The summed E-state index contributed by atoms with van der Waals surface area (Å²) in [6.45, 7) is 18.2. The molecule has 3 amide bonds. The highest BCUT2D eigenvalue weighted by atomic mass is 16.4. The molecule has 6 atom stereocenters. The number of nitrogens with zero attached hydrogens (tertiary/aromatic N) is 2. The molecule has 4 aromatic carbocycles. The molecule has 352 valence electrons. The summed E-state index contributed by atoms with van der Waals surface area (Å²) in [7, 11) is 0. The zero-order valence-electron chi connectivity index (χ0n) is 39.3. The second kappa shape index (κ2) is 25.5. The summed E-state index contributed by atoms with van der Waals surface area (Å²) in [6, 6.07) is 34.3. The van der Waals surface area contributed by atoms with Gasteiger partial charge in [0.25, 0.3) is 11.8 Å². The van der Waals surface area contributed by atoms with Gasteiger partial charge in [0.1, 0.15) is 11.6 Å². The van der Waals surface area contributed by atoms with Gasteiger partial charge in [-0.2, -0.15) is 0 Å². The number of anilines is 2. The van der Waals surface area contributed by atoms with Crippen molar-refractivity contribution in [1.29, 1.82) is 0 Å². The molecule has 13 nitrogen and oxygen atoms in total. The lowest BCUT2D eigenvalue weighted by molar-refractivity contribution is -0.147. The van der Waals surface area contributed by atoms with Crippen molar-refractivity contribution in [3.05, 3.63) is 157 Å². The highest BCUT2D eigenvalue weighted by molar-refractivity contribution is 6.20. The zero-order chi connectivity index (χ0) is 49.2. The number of ketones is 2. The molecule has 0 radical (unpaired) electrons. The number of aliphatic carboxylic acids is 1. The maximum Gasteiger partial charge on any atom is 0.307 e. The van der Waals surface area contributed by atoms with E-state index < -0.39 is 47.9 Å². The number of rotatable bonds is 17. The Morgan fingerprint density at radius 1 is 0.627 bits per heavy atom. The molecule has 6 N–H and O–H groups in total. The summed E-state index contributed by atoms with van der Waals surface area (Å²) in [5, 5.41) is 17.6. The van der Waals surface area contributed by atoms with Crippen LogP contribution in [0.3, 0.4) is 0 Å². The van der Waals surface area contributed by atoms with Crippen LogP contribution < -0.4 is 21.7 Å². The lowest BCUT2D eigenvalue weighted by atomic mass is 9.80. The van der Waals surface area contributed by atoms with Crippen molar-refractivity contribution in [2.75, 3.05) is 10.6 Å². The SMILES string of the molecule is C=CCC(C(C)=O)C(CC(C)C)C(=O)NC1N=C(c2ccccc2)c2ccccc2NC1=O.C=CCC(C(C)=O)C(CC(C)C)C(=O)O.NC1N=C(c2ccccc2)c2ccccc2NC1=O. The van der Waals surface area contributed by atoms with Gasteiger partial charge in [-0.3, -0.25) is 33.8 Å². The van der Waals surface area contributed by atoms with Gasteiger partial charge in [-0.15, -0.1) is 13.2 Å². The van der Waals surface area contributed by atoms with Gasteiger partial charge in [-0.25, -0.2) is 4.99 Å². The molecular formula is C54H64N6O7. The Balaban J connectivity index is 0.000000243. The molecular weight excluding hydrogens is 845 g/mol. The number of aliphatic imine (C=N–C) groups is 2. The first-order valence-electron chi connectivity index (χ1n) is 22.6. The van der Waals surface area contributed by atoms with E-state index in [1.165, 1.54) is 13.8 Å². The Kier molecular flexibility index (Phi) is 20.0. The predicted octanol–water partition coefficient (Wildman–Crippen LogP) is 8.64. The highest BCUT2D eigenvalue weighted by Gasteiger charge is 2.35. The van der Waals surface area contributed by atoms with Crippen molar-refractivity contribution in [3.63, 3.8) is 0 Å². The molecule has 0 aromatic heterocycles. The third kappa shape index (κ3) is 15.0. The Hall–Kier alpha value is -7.12. The Morgan fingerprint density at radius 3 is 1.46 bits per heavy atom. The first-order chi connectivity index (χ1) is 32.0. The molecule has 0 fully saturated rings. The summed E-state index contributed by atoms with van der Waals surface area (Å²) in [4.78, 5) is 82.0. The number of nitrogens with two attached hydrogens (primary N) is 1. The Morgan fingerprint density at radius 2 is 1.03 bits per heavy atom. The molecule has 2 aliphatic heterocycles. The van der Waals surface area contributed by atoms with Crippen LogP contribution >= 0.6 is 0 Å². The number of benzene rings is 4. The topological polar surface area (TPSA) is 209 Å². The molecule has 0 saturated heterocycles. The first-order valence-corrected chi connectivity index (χ1v) is 22.6. The lowest BCUT2D eigenvalue weighted by Crippen LogP contribution is -2.47. The average Bonchev–Trinajstić information content (AvgIpc) is 3.52. The van der Waals surface area contributed by atoms with E-state index in [2.05, 4.69) is 39.1 Å². The Bertz CT molecular complexity index is 2450. The number of nitrogens with one attached hydrogen (secondary N) is 3. The number of carboxylic acids is 1. The fraction of sp³-hybridized carbons (Fsp3) is 0.333. The van der Waals surface area contributed by atoms with Crippen molar-refractivity contribution in [1.82, 2.24) is 5.32 Å². The fourth-order valence-corrected chi connectivity index (χ4v) is 8.01. The molecule has 67 heavy (non-hydrogen) atoms. The molecule has 13 heteroatoms. The van der Waals surface area contributed by atoms with Gasteiger partial charge in [0.2, 0.25) is 12.1 Å². The van der Waals surface area contributed by atoms with Gasteiger partial charge in [0.15, 0.2) is 6.17 Å². The number of hydrogen-bond acceptors (Lipinski definition) is 9. The zero-order valence-corrected chi connectivity index (χ0v) is 39.3. The van der Waals surface area contributed by atoms with E-state index in [1.807, 2.05) is 137 Å². The summed E-state index contributed by atoms with van der Waals surface area (Å²) >= 11 is 0. The quantitative estimate of drug-likeness (QED) is 0.0646. The van der Waals surface area contributed by atoms with Crippen molar-refractivity contribution >= 4 is 58.1 Å². The van der Waals surface area contributed by atoms with Gasteiger partial charge in [-0.1, -0.05) is 137 Å². The lowest BCUT2D eigenvalue weighted by Gasteiger charge is -2.26. The molecule has 2 heterocycles. The largest absolute Gasteiger partial charge is 0.481 e. The van der Waals surface area contributed by atoms with Gasteiger partial charge in [0.05, 0.1) is 28.7 Å². The van der Waals surface area contributed by atoms with Crippen LogP contribution in [0.2, 0.25) is 0 Å². The number of amides is 3. The van der Waals surface area contributed by atoms with Crippen LogP contribution in [-0.2, 0) is 28.8 Å². The summed E-state index contributed by atoms with van der Waals surface area (Å²) in [6.07, 6.45) is 3.17. The minimum atomic E-state index is -1.12. The predicted molar refractivity (Wildman–Crippen MR) is 266 cm³/mol. The van der Waals surface area contributed by atoms with E-state index >= 15 is 0 Å². The van der Waals surface area contributed by atoms with Crippen molar-refractivity contribution in [3.8, 4) is 0 Å². The van der Waals surface area contributed by atoms with E-state index in [0.29, 0.717) is 37.1 Å². The van der Waals surface area contributed by atoms with Gasteiger partial charge in [-0.05, 0) is 63.5 Å². The maximum atomic E-state index is 13.4. The normalized spacial score (nSPS) is 16.9. The number of hydrogen-bond donors (Lipinski definition) is 5. The van der Waals surface area contributed by atoms with Crippen molar-refractivity contribution in [2.45, 2.75) is 79.6 Å². The summed E-state index contributed by atoms with van der Waals surface area (Å²) in [5.74, 6) is -3.69. The number of allylic oxidation sites excluding steroid dienone is 2. The van der Waals surface area contributed by atoms with Gasteiger partial charge >= 0.3 is 5.97 Å². The van der Waals surface area contributed by atoms with E-state index in [0.717, 1.165) is 33.7 Å². The molecule has 2 aliphatic rings. The molecule has 0 saturated carbocycles. The number of para-hydroxylation sites is 2. The average molecular weight is 909 g/mol. The van der Waals surface area contributed by atoms with Crippen LogP contribution in [-0.4, -0.2) is 64.1 Å². The third-order valence-electron chi connectivity index (χ3n) is 11.3. The van der Waals surface area contributed by atoms with Crippen LogP contribution in [0.25, 0.3) is 0 Å². The van der Waals surface area contributed by atoms with Gasteiger partial charge < -0.3 is 26.8 Å². The smallest absolute Gasteiger partial charge is 0.307 e. The number of carbonyl (C=O) groups excluding carboxylic acids is 5. The van der Waals surface area contributed by atoms with Crippen molar-refractivity contribution in [2.24, 2.45) is 51.2 Å². The number of Topliss-reactive ketones (excluding diaryl/α,β-unsaturated/α-hetero) is 2.